The third kappa shape index (κ3) is 3.41. The second-order valence-corrected chi connectivity index (χ2v) is 7.84. The van der Waals surface area contributed by atoms with Crippen molar-refractivity contribution in [1.29, 1.82) is 0 Å². The van der Waals surface area contributed by atoms with E-state index in [1.807, 2.05) is 48.5 Å². The molecule has 0 bridgehead atoms. The Balaban J connectivity index is 1.60. The molecule has 1 aliphatic heterocycles. The van der Waals surface area contributed by atoms with E-state index in [0.29, 0.717) is 12.2 Å². The summed E-state index contributed by atoms with van der Waals surface area (Å²) in [6.07, 6.45) is 0.790. The minimum atomic E-state index is -0.0631. The standard InChI is InChI=1S/C26H23N3O/c1-18-12-14-21(15-13-18)25-28-23(20-10-6-3-7-11-20)24-26(30)27-22(17-29(24)25)16-19-8-4-2-5-9-19/h2-15,22H,16-17H2,1H3,(H,27,30)/t22-/m0/s1. The maximum Gasteiger partial charge on any atom is 0.270 e. The highest BCUT2D eigenvalue weighted by atomic mass is 16.2. The van der Waals surface area contributed by atoms with Gasteiger partial charge in [-0.25, -0.2) is 4.98 Å². The number of fused-ring (bicyclic) bond motifs is 1. The van der Waals surface area contributed by atoms with E-state index in [-0.39, 0.29) is 11.9 Å². The highest BCUT2D eigenvalue weighted by molar-refractivity contribution is 6.00. The fourth-order valence-electron chi connectivity index (χ4n) is 4.12. The molecule has 0 saturated carbocycles. The van der Waals surface area contributed by atoms with E-state index in [1.165, 1.54) is 11.1 Å². The van der Waals surface area contributed by atoms with Crippen molar-refractivity contribution in [3.8, 4) is 22.6 Å². The predicted molar refractivity (Wildman–Crippen MR) is 119 cm³/mol. The summed E-state index contributed by atoms with van der Waals surface area (Å²) in [5.74, 6) is 0.781. The minimum absolute atomic E-state index is 0.0226. The van der Waals surface area contributed by atoms with E-state index in [1.54, 1.807) is 0 Å². The van der Waals surface area contributed by atoms with Crippen molar-refractivity contribution in [1.82, 2.24) is 14.9 Å². The molecule has 3 aromatic carbocycles. The molecule has 0 radical (unpaired) electrons. The fourth-order valence-corrected chi connectivity index (χ4v) is 4.12. The lowest BCUT2D eigenvalue weighted by Gasteiger charge is -2.27. The summed E-state index contributed by atoms with van der Waals surface area (Å²) in [6, 6.07) is 28.6. The van der Waals surface area contributed by atoms with Crippen LogP contribution in [-0.2, 0) is 13.0 Å². The Labute approximate surface area is 176 Å². The third-order valence-electron chi connectivity index (χ3n) is 5.60. The summed E-state index contributed by atoms with van der Waals surface area (Å²) in [5, 5.41) is 3.21. The van der Waals surface area contributed by atoms with Crippen LogP contribution in [0.1, 0.15) is 21.6 Å². The van der Waals surface area contributed by atoms with Gasteiger partial charge in [0.1, 0.15) is 17.2 Å². The van der Waals surface area contributed by atoms with Gasteiger partial charge in [-0.1, -0.05) is 90.5 Å². The Morgan fingerprint density at radius 2 is 1.57 bits per heavy atom. The summed E-state index contributed by atoms with van der Waals surface area (Å²) in [7, 11) is 0. The van der Waals surface area contributed by atoms with E-state index in [2.05, 4.69) is 53.2 Å². The molecule has 4 aromatic rings. The number of rotatable bonds is 4. The predicted octanol–water partition coefficient (Wildman–Crippen LogP) is 4.88. The number of imidazole rings is 1. The molecule has 0 aliphatic carbocycles. The first-order valence-corrected chi connectivity index (χ1v) is 10.3. The Kier molecular flexibility index (Phi) is 4.68. The number of benzene rings is 3. The van der Waals surface area contributed by atoms with Gasteiger partial charge in [-0.2, -0.15) is 0 Å². The lowest BCUT2D eigenvalue weighted by molar-refractivity contribution is 0.0902. The van der Waals surface area contributed by atoms with Gasteiger partial charge >= 0.3 is 0 Å². The highest BCUT2D eigenvalue weighted by Crippen LogP contribution is 2.32. The number of amides is 1. The molecule has 1 aliphatic rings. The first-order valence-electron chi connectivity index (χ1n) is 10.3. The van der Waals surface area contributed by atoms with Crippen LogP contribution < -0.4 is 5.32 Å². The van der Waals surface area contributed by atoms with Crippen molar-refractivity contribution >= 4 is 5.91 Å². The molecule has 1 aromatic heterocycles. The first kappa shape index (κ1) is 18.4. The average Bonchev–Trinajstić information content (AvgIpc) is 3.16. The molecule has 1 N–H and O–H groups in total. The van der Waals surface area contributed by atoms with Crippen LogP contribution in [0.3, 0.4) is 0 Å². The molecule has 2 heterocycles. The van der Waals surface area contributed by atoms with Gasteiger partial charge in [-0.05, 0) is 18.9 Å². The molecule has 5 rings (SSSR count). The topological polar surface area (TPSA) is 46.9 Å². The maximum atomic E-state index is 13.2. The van der Waals surface area contributed by atoms with E-state index >= 15 is 0 Å². The normalized spacial score (nSPS) is 15.5. The molecule has 1 atom stereocenters. The Morgan fingerprint density at radius 3 is 2.27 bits per heavy atom. The summed E-state index contributed by atoms with van der Waals surface area (Å²) in [6.45, 7) is 2.77. The van der Waals surface area contributed by atoms with Crippen molar-refractivity contribution in [3.63, 3.8) is 0 Å². The second-order valence-electron chi connectivity index (χ2n) is 7.84. The molecule has 4 heteroatoms. The van der Waals surface area contributed by atoms with Gasteiger partial charge < -0.3 is 9.88 Å². The minimum Gasteiger partial charge on any atom is -0.346 e. The van der Waals surface area contributed by atoms with E-state index in [0.717, 1.165) is 29.1 Å². The molecule has 0 unspecified atom stereocenters. The summed E-state index contributed by atoms with van der Waals surface area (Å²) >= 11 is 0. The molecule has 148 valence electrons. The van der Waals surface area contributed by atoms with Crippen molar-refractivity contribution in [2.45, 2.75) is 25.9 Å². The largest absolute Gasteiger partial charge is 0.346 e. The molecule has 4 nitrogen and oxygen atoms in total. The number of hydrogen-bond donors (Lipinski definition) is 1. The average molecular weight is 393 g/mol. The van der Waals surface area contributed by atoms with Crippen LogP contribution in [0.25, 0.3) is 22.6 Å². The summed E-state index contributed by atoms with van der Waals surface area (Å²) < 4.78 is 2.10. The molecular weight excluding hydrogens is 370 g/mol. The van der Waals surface area contributed by atoms with Crippen LogP contribution in [0.4, 0.5) is 0 Å². The zero-order valence-electron chi connectivity index (χ0n) is 16.9. The van der Waals surface area contributed by atoms with Gasteiger partial charge in [0.15, 0.2) is 0 Å². The van der Waals surface area contributed by atoms with Gasteiger partial charge in [0.05, 0.1) is 6.04 Å². The third-order valence-corrected chi connectivity index (χ3v) is 5.60. The number of carbonyl (C=O) groups is 1. The maximum absolute atomic E-state index is 13.2. The van der Waals surface area contributed by atoms with Crippen LogP contribution in [0, 0.1) is 6.92 Å². The number of hydrogen-bond acceptors (Lipinski definition) is 2. The van der Waals surface area contributed by atoms with Crippen LogP contribution >= 0.6 is 0 Å². The zero-order valence-corrected chi connectivity index (χ0v) is 16.9. The lowest BCUT2D eigenvalue weighted by Crippen LogP contribution is -2.45. The number of nitrogens with one attached hydrogen (secondary N) is 1. The van der Waals surface area contributed by atoms with Gasteiger partial charge in [0.25, 0.3) is 5.91 Å². The zero-order chi connectivity index (χ0) is 20.5. The van der Waals surface area contributed by atoms with Crippen molar-refractivity contribution in [3.05, 3.63) is 102 Å². The Morgan fingerprint density at radius 1 is 0.900 bits per heavy atom. The molecule has 0 fully saturated rings. The molecule has 1 amide bonds. The second kappa shape index (κ2) is 7.64. The van der Waals surface area contributed by atoms with E-state index in [4.69, 9.17) is 4.98 Å². The molecule has 30 heavy (non-hydrogen) atoms. The van der Waals surface area contributed by atoms with Gasteiger partial charge in [-0.15, -0.1) is 0 Å². The fraction of sp³-hybridized carbons (Fsp3) is 0.154. The summed E-state index contributed by atoms with van der Waals surface area (Å²) in [4.78, 5) is 18.2. The SMILES string of the molecule is Cc1ccc(-c2nc(-c3ccccc3)c3n2C[C@H](Cc2ccccc2)NC3=O)cc1. The van der Waals surface area contributed by atoms with Gasteiger partial charge in [-0.3, -0.25) is 4.79 Å². The van der Waals surface area contributed by atoms with Crippen molar-refractivity contribution in [2.75, 3.05) is 0 Å². The van der Waals surface area contributed by atoms with Crippen LogP contribution in [0.2, 0.25) is 0 Å². The first-order chi connectivity index (χ1) is 14.7. The number of nitrogens with zero attached hydrogens (tertiary/aromatic N) is 2. The smallest absolute Gasteiger partial charge is 0.270 e. The van der Waals surface area contributed by atoms with Crippen LogP contribution in [0.5, 0.6) is 0 Å². The number of aryl methyl sites for hydroxylation is 1. The van der Waals surface area contributed by atoms with Crippen molar-refractivity contribution in [2.24, 2.45) is 0 Å². The molecule has 0 spiro atoms. The lowest BCUT2D eigenvalue weighted by atomic mass is 10.0. The Hall–Kier alpha value is -3.66. The highest BCUT2D eigenvalue weighted by Gasteiger charge is 2.31. The number of carbonyl (C=O) groups excluding carboxylic acids is 1. The Bertz CT molecular complexity index is 1180. The van der Waals surface area contributed by atoms with E-state index < -0.39 is 0 Å². The quantitative estimate of drug-likeness (QED) is 0.537. The molecular formula is C26H23N3O. The van der Waals surface area contributed by atoms with Gasteiger partial charge in [0.2, 0.25) is 0 Å². The van der Waals surface area contributed by atoms with Gasteiger partial charge in [0, 0.05) is 17.7 Å². The van der Waals surface area contributed by atoms with Crippen LogP contribution in [0.15, 0.2) is 84.9 Å². The van der Waals surface area contributed by atoms with Crippen molar-refractivity contribution < 1.29 is 4.79 Å². The monoisotopic (exact) mass is 393 g/mol. The summed E-state index contributed by atoms with van der Waals surface area (Å²) in [5.41, 5.74) is 5.77. The van der Waals surface area contributed by atoms with Crippen LogP contribution in [-0.4, -0.2) is 21.5 Å². The van der Waals surface area contributed by atoms with E-state index in [9.17, 15) is 4.79 Å². The number of aromatic nitrogens is 2. The molecule has 0 saturated heterocycles.